The summed E-state index contributed by atoms with van der Waals surface area (Å²) in [6.45, 7) is 4.62. The molecule has 1 aliphatic rings. The number of hydrogen-bond donors (Lipinski definition) is 0. The summed E-state index contributed by atoms with van der Waals surface area (Å²) in [5, 5.41) is 0. The van der Waals surface area contributed by atoms with Gasteiger partial charge in [0.25, 0.3) is 5.91 Å². The summed E-state index contributed by atoms with van der Waals surface area (Å²) >= 11 is 0. The van der Waals surface area contributed by atoms with E-state index in [4.69, 9.17) is 9.47 Å². The topological polar surface area (TPSA) is 72.9 Å². The molecule has 134 valence electrons. The summed E-state index contributed by atoms with van der Waals surface area (Å²) in [5.74, 6) is 1.62. The van der Waals surface area contributed by atoms with Gasteiger partial charge in [-0.15, -0.1) is 0 Å². The zero-order chi connectivity index (χ0) is 17.7. The van der Waals surface area contributed by atoms with Crippen LogP contribution in [0.25, 0.3) is 0 Å². The van der Waals surface area contributed by atoms with Crippen LogP contribution < -0.4 is 9.47 Å². The van der Waals surface area contributed by atoms with Gasteiger partial charge in [-0.1, -0.05) is 19.9 Å². The van der Waals surface area contributed by atoms with Crippen molar-refractivity contribution in [2.24, 2.45) is 5.92 Å². The molecule has 0 saturated carbocycles. The highest BCUT2D eigenvalue weighted by atomic mass is 32.2. The number of benzene rings is 1. The first-order chi connectivity index (χ1) is 11.3. The quantitative estimate of drug-likeness (QED) is 0.745. The van der Waals surface area contributed by atoms with E-state index in [9.17, 15) is 13.2 Å². The molecule has 1 unspecified atom stereocenters. The lowest BCUT2D eigenvalue weighted by Crippen LogP contribution is -2.40. The highest BCUT2D eigenvalue weighted by Crippen LogP contribution is 2.21. The number of ether oxygens (including phenoxy) is 2. The van der Waals surface area contributed by atoms with E-state index in [1.54, 1.807) is 19.2 Å². The normalized spacial score (nSPS) is 19.2. The Bertz CT molecular complexity index is 671. The minimum Gasteiger partial charge on any atom is -0.493 e. The van der Waals surface area contributed by atoms with Gasteiger partial charge in [0.1, 0.15) is 11.5 Å². The fraction of sp³-hybridized carbons (Fsp3) is 0.588. The number of rotatable bonds is 7. The van der Waals surface area contributed by atoms with E-state index in [2.05, 4.69) is 13.8 Å². The molecule has 1 saturated heterocycles. The van der Waals surface area contributed by atoms with Crippen molar-refractivity contribution >= 4 is 15.7 Å². The number of likely N-dealkylation sites (N-methyl/N-ethyl adjacent to an activating group) is 1. The first-order valence-corrected chi connectivity index (χ1v) is 9.91. The van der Waals surface area contributed by atoms with E-state index < -0.39 is 9.84 Å². The minimum atomic E-state index is -3.01. The molecule has 0 aromatic heterocycles. The van der Waals surface area contributed by atoms with Crippen molar-refractivity contribution < 1.29 is 22.7 Å². The van der Waals surface area contributed by atoms with E-state index in [1.165, 1.54) is 4.90 Å². The summed E-state index contributed by atoms with van der Waals surface area (Å²) in [6.07, 6.45) is 0.489. The number of nitrogens with zero attached hydrogens (tertiary/aromatic N) is 1. The average Bonchev–Trinajstić information content (AvgIpc) is 2.90. The first kappa shape index (κ1) is 18.6. The Kier molecular flexibility index (Phi) is 6.10. The van der Waals surface area contributed by atoms with Crippen LogP contribution in [0.1, 0.15) is 20.3 Å². The van der Waals surface area contributed by atoms with E-state index in [0.717, 1.165) is 0 Å². The summed E-state index contributed by atoms with van der Waals surface area (Å²) in [4.78, 5) is 13.7. The first-order valence-electron chi connectivity index (χ1n) is 8.08. The third-order valence-corrected chi connectivity index (χ3v) is 5.65. The van der Waals surface area contributed by atoms with Crippen LogP contribution in [0.4, 0.5) is 0 Å². The molecule has 1 atom stereocenters. The van der Waals surface area contributed by atoms with Crippen molar-refractivity contribution in [2.75, 3.05) is 31.8 Å². The number of amides is 1. The number of carbonyl (C=O) groups is 1. The van der Waals surface area contributed by atoms with Crippen molar-refractivity contribution in [3.05, 3.63) is 24.3 Å². The smallest absolute Gasteiger partial charge is 0.260 e. The Hall–Kier alpha value is -1.76. The SMILES string of the molecule is CC(C)COc1cccc(OCC(=O)N(C)C2CCS(=O)(=O)C2)c1. The van der Waals surface area contributed by atoms with E-state index in [1.807, 2.05) is 12.1 Å². The monoisotopic (exact) mass is 355 g/mol. The standard InChI is InChI=1S/C17H25NO5S/c1-13(2)10-22-15-5-4-6-16(9-15)23-11-17(19)18(3)14-7-8-24(20,21)12-14/h4-6,9,13-14H,7-8,10-12H2,1-3H3. The van der Waals surface area contributed by atoms with Crippen LogP contribution in [0.5, 0.6) is 11.5 Å². The predicted molar refractivity (Wildman–Crippen MR) is 92.1 cm³/mol. The molecule has 1 fully saturated rings. The third kappa shape index (κ3) is 5.40. The van der Waals surface area contributed by atoms with Crippen molar-refractivity contribution in [1.82, 2.24) is 4.90 Å². The van der Waals surface area contributed by atoms with Crippen molar-refractivity contribution in [3.63, 3.8) is 0 Å². The summed E-state index contributed by atoms with van der Waals surface area (Å²) in [7, 11) is -1.39. The molecule has 1 heterocycles. The van der Waals surface area contributed by atoms with Gasteiger partial charge in [-0.2, -0.15) is 0 Å². The lowest BCUT2D eigenvalue weighted by molar-refractivity contribution is -0.133. The summed E-state index contributed by atoms with van der Waals surface area (Å²) in [6, 6.07) is 6.90. The predicted octanol–water partition coefficient (Wildman–Crippen LogP) is 1.75. The number of carbonyl (C=O) groups excluding carboxylic acids is 1. The van der Waals surface area contributed by atoms with Gasteiger partial charge in [0.15, 0.2) is 16.4 Å². The van der Waals surface area contributed by atoms with Gasteiger partial charge in [0, 0.05) is 19.2 Å². The van der Waals surface area contributed by atoms with Crippen LogP contribution in [0.2, 0.25) is 0 Å². The van der Waals surface area contributed by atoms with Crippen LogP contribution in [0, 0.1) is 5.92 Å². The van der Waals surface area contributed by atoms with Gasteiger partial charge >= 0.3 is 0 Å². The van der Waals surface area contributed by atoms with Gasteiger partial charge in [-0.3, -0.25) is 4.79 Å². The molecule has 6 nitrogen and oxygen atoms in total. The molecule has 0 radical (unpaired) electrons. The molecule has 1 aromatic carbocycles. The highest BCUT2D eigenvalue weighted by molar-refractivity contribution is 7.91. The minimum absolute atomic E-state index is 0.0355. The Morgan fingerprint density at radius 2 is 1.96 bits per heavy atom. The van der Waals surface area contributed by atoms with Gasteiger partial charge < -0.3 is 14.4 Å². The zero-order valence-electron chi connectivity index (χ0n) is 14.4. The van der Waals surface area contributed by atoms with Gasteiger partial charge in [-0.25, -0.2) is 8.42 Å². The molecule has 0 spiro atoms. The second-order valence-electron chi connectivity index (χ2n) is 6.53. The largest absolute Gasteiger partial charge is 0.493 e. The lowest BCUT2D eigenvalue weighted by atomic mass is 10.2. The van der Waals surface area contributed by atoms with Crippen LogP contribution in [-0.4, -0.2) is 57.0 Å². The molecule has 1 aliphatic heterocycles. The van der Waals surface area contributed by atoms with Crippen molar-refractivity contribution in [1.29, 1.82) is 0 Å². The third-order valence-electron chi connectivity index (χ3n) is 3.90. The van der Waals surface area contributed by atoms with Crippen molar-refractivity contribution in [3.8, 4) is 11.5 Å². The Balaban J connectivity index is 1.86. The van der Waals surface area contributed by atoms with Crippen molar-refractivity contribution in [2.45, 2.75) is 26.3 Å². The molecular weight excluding hydrogens is 330 g/mol. The van der Waals surface area contributed by atoms with Gasteiger partial charge in [-0.05, 0) is 24.5 Å². The maximum absolute atomic E-state index is 12.2. The molecule has 24 heavy (non-hydrogen) atoms. The second-order valence-corrected chi connectivity index (χ2v) is 8.76. The van der Waals surface area contributed by atoms with Crippen LogP contribution in [-0.2, 0) is 14.6 Å². The van der Waals surface area contributed by atoms with Crippen LogP contribution in [0.3, 0.4) is 0 Å². The number of hydrogen-bond acceptors (Lipinski definition) is 5. The second kappa shape index (κ2) is 7.88. The molecule has 2 rings (SSSR count). The van der Waals surface area contributed by atoms with E-state index >= 15 is 0 Å². The molecule has 0 N–H and O–H groups in total. The molecule has 7 heteroatoms. The van der Waals surface area contributed by atoms with Crippen LogP contribution >= 0.6 is 0 Å². The fourth-order valence-corrected chi connectivity index (χ4v) is 4.22. The van der Waals surface area contributed by atoms with Gasteiger partial charge in [0.05, 0.1) is 18.1 Å². The Morgan fingerprint density at radius 1 is 1.29 bits per heavy atom. The zero-order valence-corrected chi connectivity index (χ0v) is 15.2. The average molecular weight is 355 g/mol. The molecule has 0 aliphatic carbocycles. The van der Waals surface area contributed by atoms with E-state index in [0.29, 0.717) is 30.4 Å². The highest BCUT2D eigenvalue weighted by Gasteiger charge is 2.32. The maximum atomic E-state index is 12.2. The summed E-state index contributed by atoms with van der Waals surface area (Å²) in [5.41, 5.74) is 0. The lowest BCUT2D eigenvalue weighted by Gasteiger charge is -2.23. The number of sulfone groups is 1. The fourth-order valence-electron chi connectivity index (χ4n) is 2.45. The molecule has 0 bridgehead atoms. The van der Waals surface area contributed by atoms with Crippen LogP contribution in [0.15, 0.2) is 24.3 Å². The molecule has 1 amide bonds. The Labute approximate surface area is 143 Å². The molecule has 1 aromatic rings. The van der Waals surface area contributed by atoms with E-state index in [-0.39, 0.29) is 30.1 Å². The molecular formula is C17H25NO5S. The van der Waals surface area contributed by atoms with Gasteiger partial charge in [0.2, 0.25) is 0 Å². The Morgan fingerprint density at radius 3 is 2.54 bits per heavy atom. The summed E-state index contributed by atoms with van der Waals surface area (Å²) < 4.78 is 34.2. The maximum Gasteiger partial charge on any atom is 0.260 e.